The molecule has 1 atom stereocenters. The molecular weight excluding hydrogens is 324 g/mol. The molecular formula is C16H22N6OS. The number of aryl methyl sites for hydroxylation is 1. The van der Waals surface area contributed by atoms with Crippen LogP contribution in [-0.4, -0.2) is 39.0 Å². The van der Waals surface area contributed by atoms with Crippen molar-refractivity contribution in [3.05, 3.63) is 28.0 Å². The molecule has 128 valence electrons. The fourth-order valence-corrected chi connectivity index (χ4v) is 4.11. The van der Waals surface area contributed by atoms with Gasteiger partial charge >= 0.3 is 0 Å². The Morgan fingerprint density at radius 1 is 1.38 bits per heavy atom. The summed E-state index contributed by atoms with van der Waals surface area (Å²) in [6.45, 7) is 3.95. The summed E-state index contributed by atoms with van der Waals surface area (Å²) >= 11 is 1.62. The van der Waals surface area contributed by atoms with Crippen molar-refractivity contribution in [2.45, 2.75) is 44.7 Å². The van der Waals surface area contributed by atoms with Gasteiger partial charge in [0.15, 0.2) is 5.69 Å². The van der Waals surface area contributed by atoms with E-state index in [1.807, 2.05) is 17.0 Å². The highest BCUT2D eigenvalue weighted by atomic mass is 32.1. The number of aromatic nitrogens is 4. The fourth-order valence-electron chi connectivity index (χ4n) is 3.17. The molecule has 1 saturated carbocycles. The third-order valence-corrected chi connectivity index (χ3v) is 5.75. The molecule has 0 bridgehead atoms. The molecule has 2 aliphatic rings. The first kappa shape index (κ1) is 15.7. The van der Waals surface area contributed by atoms with Crippen LogP contribution in [0.25, 0.3) is 0 Å². The lowest BCUT2D eigenvalue weighted by molar-refractivity contribution is 0.0926. The Balaban J connectivity index is 1.46. The molecule has 2 aromatic rings. The highest BCUT2D eigenvalue weighted by Crippen LogP contribution is 2.41. The molecule has 4 rings (SSSR count). The lowest BCUT2D eigenvalue weighted by Crippen LogP contribution is -2.30. The molecule has 1 aliphatic heterocycles. The number of nitrogens with one attached hydrogen (secondary N) is 2. The minimum atomic E-state index is -0.153. The summed E-state index contributed by atoms with van der Waals surface area (Å²) in [7, 11) is 0. The smallest absolute Gasteiger partial charge is 0.274 e. The average molecular weight is 346 g/mol. The average Bonchev–Trinajstić information content (AvgIpc) is 3.15. The maximum absolute atomic E-state index is 12.6. The number of thiazole rings is 1. The molecule has 1 aliphatic carbocycles. The van der Waals surface area contributed by atoms with Gasteiger partial charge in [-0.1, -0.05) is 5.21 Å². The van der Waals surface area contributed by atoms with Gasteiger partial charge in [-0.05, 0) is 51.6 Å². The Morgan fingerprint density at radius 2 is 2.17 bits per heavy atom. The zero-order chi connectivity index (χ0) is 16.5. The number of hydrogen-bond donors (Lipinski definition) is 2. The highest BCUT2D eigenvalue weighted by Gasteiger charge is 2.35. The van der Waals surface area contributed by atoms with E-state index in [4.69, 9.17) is 0 Å². The van der Waals surface area contributed by atoms with Crippen LogP contribution in [0.3, 0.4) is 0 Å². The van der Waals surface area contributed by atoms with Crippen LogP contribution in [0.2, 0.25) is 0 Å². The summed E-state index contributed by atoms with van der Waals surface area (Å²) < 4.78 is 1.84. The van der Waals surface area contributed by atoms with Crippen LogP contribution >= 0.6 is 11.3 Å². The van der Waals surface area contributed by atoms with Crippen LogP contribution in [0.1, 0.15) is 59.0 Å². The predicted molar refractivity (Wildman–Crippen MR) is 90.9 cm³/mol. The minimum absolute atomic E-state index is 0.000213. The van der Waals surface area contributed by atoms with E-state index in [-0.39, 0.29) is 11.9 Å². The summed E-state index contributed by atoms with van der Waals surface area (Å²) in [5, 5.41) is 17.7. The van der Waals surface area contributed by atoms with Crippen LogP contribution in [-0.2, 0) is 0 Å². The van der Waals surface area contributed by atoms with Gasteiger partial charge in [-0.3, -0.25) is 4.79 Å². The second-order valence-electron chi connectivity index (χ2n) is 6.68. The monoisotopic (exact) mass is 346 g/mol. The largest absolute Gasteiger partial charge is 0.341 e. The number of nitrogens with zero attached hydrogens (tertiary/aromatic N) is 4. The van der Waals surface area contributed by atoms with Crippen molar-refractivity contribution in [3.63, 3.8) is 0 Å². The quantitative estimate of drug-likeness (QED) is 0.863. The number of carbonyl (C=O) groups is 1. The number of hydrogen-bond acceptors (Lipinski definition) is 6. The second kappa shape index (κ2) is 6.60. The number of piperidine rings is 1. The van der Waals surface area contributed by atoms with Crippen molar-refractivity contribution >= 4 is 17.2 Å². The molecule has 24 heavy (non-hydrogen) atoms. The minimum Gasteiger partial charge on any atom is -0.341 e. The fraction of sp³-hybridized carbons (Fsp3) is 0.625. The van der Waals surface area contributed by atoms with Gasteiger partial charge < -0.3 is 10.6 Å². The molecule has 2 N–H and O–H groups in total. The molecule has 7 nitrogen and oxygen atoms in total. The van der Waals surface area contributed by atoms with E-state index < -0.39 is 0 Å². The molecule has 0 spiro atoms. The molecule has 1 unspecified atom stereocenters. The lowest BCUT2D eigenvalue weighted by Gasteiger charge is -2.22. The Kier molecular flexibility index (Phi) is 4.32. The van der Waals surface area contributed by atoms with Gasteiger partial charge in [0.1, 0.15) is 5.01 Å². The van der Waals surface area contributed by atoms with Gasteiger partial charge in [-0.15, -0.1) is 16.4 Å². The Morgan fingerprint density at radius 3 is 2.83 bits per heavy atom. The maximum Gasteiger partial charge on any atom is 0.274 e. The third-order valence-electron chi connectivity index (χ3n) is 4.71. The molecule has 3 heterocycles. The van der Waals surface area contributed by atoms with Crippen molar-refractivity contribution in [2.24, 2.45) is 5.92 Å². The zero-order valence-electron chi connectivity index (χ0n) is 13.7. The van der Waals surface area contributed by atoms with Crippen LogP contribution in [0.15, 0.2) is 11.6 Å². The highest BCUT2D eigenvalue weighted by molar-refractivity contribution is 7.09. The van der Waals surface area contributed by atoms with Crippen molar-refractivity contribution in [1.82, 2.24) is 30.6 Å². The number of rotatable bonds is 5. The van der Waals surface area contributed by atoms with Crippen molar-refractivity contribution in [3.8, 4) is 0 Å². The van der Waals surface area contributed by atoms with Crippen LogP contribution < -0.4 is 10.6 Å². The van der Waals surface area contributed by atoms with E-state index in [1.54, 1.807) is 17.5 Å². The molecule has 1 saturated heterocycles. The molecule has 2 aromatic heterocycles. The first-order chi connectivity index (χ1) is 11.7. The summed E-state index contributed by atoms with van der Waals surface area (Å²) in [6, 6.07) is 0.335. The van der Waals surface area contributed by atoms with Crippen molar-refractivity contribution < 1.29 is 4.79 Å². The van der Waals surface area contributed by atoms with E-state index >= 15 is 0 Å². The summed E-state index contributed by atoms with van der Waals surface area (Å²) in [5.41, 5.74) is 1.40. The van der Waals surface area contributed by atoms with Crippen LogP contribution in [0.4, 0.5) is 0 Å². The second-order valence-corrected chi connectivity index (χ2v) is 7.57. The van der Waals surface area contributed by atoms with Crippen molar-refractivity contribution in [2.75, 3.05) is 13.1 Å². The zero-order valence-corrected chi connectivity index (χ0v) is 14.6. The summed E-state index contributed by atoms with van der Waals surface area (Å²) in [6.07, 6.45) is 6.11. The van der Waals surface area contributed by atoms with Crippen LogP contribution in [0, 0.1) is 12.8 Å². The van der Waals surface area contributed by atoms with Gasteiger partial charge in [0.2, 0.25) is 0 Å². The summed E-state index contributed by atoms with van der Waals surface area (Å²) in [5.74, 6) is 0.346. The van der Waals surface area contributed by atoms with E-state index in [2.05, 4.69) is 25.9 Å². The van der Waals surface area contributed by atoms with Gasteiger partial charge in [0, 0.05) is 11.1 Å². The van der Waals surface area contributed by atoms with Crippen LogP contribution in [0.5, 0.6) is 0 Å². The van der Waals surface area contributed by atoms with Gasteiger partial charge in [0.25, 0.3) is 5.91 Å². The first-order valence-corrected chi connectivity index (χ1v) is 9.44. The Labute approximate surface area is 144 Å². The van der Waals surface area contributed by atoms with Crippen molar-refractivity contribution in [1.29, 1.82) is 0 Å². The Hall–Kier alpha value is -1.80. The lowest BCUT2D eigenvalue weighted by atomic mass is 10.1. The summed E-state index contributed by atoms with van der Waals surface area (Å²) in [4.78, 5) is 17.2. The third kappa shape index (κ3) is 3.34. The molecule has 0 radical (unpaired) electrons. The molecule has 1 amide bonds. The van der Waals surface area contributed by atoms with E-state index in [0.717, 1.165) is 49.5 Å². The molecule has 8 heteroatoms. The molecule has 2 fully saturated rings. The van der Waals surface area contributed by atoms with E-state index in [9.17, 15) is 4.79 Å². The SMILES string of the molecule is Cc1csc(C(NC(=O)c2cn(C3CCNCC3)nn2)C2CC2)n1. The van der Waals surface area contributed by atoms with Gasteiger partial charge in [-0.2, -0.15) is 0 Å². The normalized spacial score (nSPS) is 20.0. The van der Waals surface area contributed by atoms with Gasteiger partial charge in [0.05, 0.1) is 18.3 Å². The predicted octanol–water partition coefficient (Wildman–Crippen LogP) is 1.85. The number of amides is 1. The van der Waals surface area contributed by atoms with E-state index in [0.29, 0.717) is 17.7 Å². The topological polar surface area (TPSA) is 84.7 Å². The number of carbonyl (C=O) groups excluding carboxylic acids is 1. The standard InChI is InChI=1S/C16H22N6OS/c1-10-9-24-16(18-10)14(11-2-3-11)19-15(23)13-8-22(21-20-13)12-4-6-17-7-5-12/h8-9,11-12,14,17H,2-7H2,1H3,(H,19,23). The van der Waals surface area contributed by atoms with E-state index in [1.165, 1.54) is 0 Å². The molecule has 0 aromatic carbocycles. The maximum atomic E-state index is 12.6. The Bertz CT molecular complexity index is 716. The van der Waals surface area contributed by atoms with Gasteiger partial charge in [-0.25, -0.2) is 9.67 Å². The first-order valence-electron chi connectivity index (χ1n) is 8.56.